The summed E-state index contributed by atoms with van der Waals surface area (Å²) in [5.74, 6) is 1.66. The second-order valence-electron chi connectivity index (χ2n) is 6.99. The molecule has 3 rings (SSSR count). The molecule has 0 atom stereocenters. The number of guanidine groups is 1. The molecule has 0 bridgehead atoms. The number of aliphatic imine (C=N–C) groups is 1. The molecule has 2 aromatic rings. The van der Waals surface area contributed by atoms with E-state index in [-0.39, 0.29) is 5.82 Å². The van der Waals surface area contributed by atoms with Crippen LogP contribution < -0.4 is 5.32 Å². The zero-order valence-corrected chi connectivity index (χ0v) is 17.9. The second-order valence-corrected chi connectivity index (χ2v) is 7.40. The number of rotatable bonds is 7. The molecule has 1 aromatic heterocycles. The lowest BCUT2D eigenvalue weighted by atomic mass is 10.2. The first-order valence-corrected chi connectivity index (χ1v) is 10.5. The maximum atomic E-state index is 14.1. The van der Waals surface area contributed by atoms with E-state index in [9.17, 15) is 4.39 Å². The van der Waals surface area contributed by atoms with Crippen molar-refractivity contribution in [1.29, 1.82) is 0 Å². The molecule has 0 aliphatic carbocycles. The average molecular weight is 422 g/mol. The van der Waals surface area contributed by atoms with Gasteiger partial charge in [-0.2, -0.15) is 0 Å². The van der Waals surface area contributed by atoms with Gasteiger partial charge in [-0.25, -0.2) is 4.39 Å². The fraction of sp³-hybridized carbons (Fsp3) is 0.550. The minimum atomic E-state index is -0.240. The Hall–Kier alpha value is -2.19. The van der Waals surface area contributed by atoms with Crippen LogP contribution in [0, 0.1) is 5.82 Å². The van der Waals surface area contributed by atoms with Crippen molar-refractivity contribution < 1.29 is 4.39 Å². The maximum Gasteiger partial charge on any atom is 0.194 e. The van der Waals surface area contributed by atoms with Gasteiger partial charge in [-0.15, -0.1) is 10.2 Å². The number of halogens is 2. The highest BCUT2D eigenvalue weighted by atomic mass is 35.5. The lowest BCUT2D eigenvalue weighted by Crippen LogP contribution is -2.52. The SMILES string of the molecule is CCNC(=NCCn1cnnc1CC)N1CCN(Cc2c(F)cccc2Cl)CC1. The summed E-state index contributed by atoms with van der Waals surface area (Å²) in [6, 6.07) is 4.85. The Labute approximate surface area is 176 Å². The Morgan fingerprint density at radius 2 is 2.03 bits per heavy atom. The molecule has 158 valence electrons. The van der Waals surface area contributed by atoms with Crippen molar-refractivity contribution >= 4 is 17.6 Å². The van der Waals surface area contributed by atoms with E-state index in [0.717, 1.165) is 57.5 Å². The number of nitrogens with one attached hydrogen (secondary N) is 1. The van der Waals surface area contributed by atoms with E-state index >= 15 is 0 Å². The van der Waals surface area contributed by atoms with E-state index < -0.39 is 0 Å². The van der Waals surface area contributed by atoms with Crippen LogP contribution in [-0.2, 0) is 19.5 Å². The van der Waals surface area contributed by atoms with E-state index in [0.29, 0.717) is 23.7 Å². The minimum absolute atomic E-state index is 0.240. The van der Waals surface area contributed by atoms with Crippen molar-refractivity contribution in [3.63, 3.8) is 0 Å². The summed E-state index contributed by atoms with van der Waals surface area (Å²) in [6.45, 7) is 10.3. The van der Waals surface area contributed by atoms with Gasteiger partial charge in [-0.05, 0) is 19.1 Å². The van der Waals surface area contributed by atoms with Gasteiger partial charge in [-0.3, -0.25) is 9.89 Å². The largest absolute Gasteiger partial charge is 0.357 e. The Bertz CT molecular complexity index is 795. The Morgan fingerprint density at radius 3 is 2.72 bits per heavy atom. The topological polar surface area (TPSA) is 61.6 Å². The third-order valence-corrected chi connectivity index (χ3v) is 5.42. The smallest absolute Gasteiger partial charge is 0.194 e. The molecule has 29 heavy (non-hydrogen) atoms. The van der Waals surface area contributed by atoms with Crippen LogP contribution in [0.5, 0.6) is 0 Å². The molecule has 0 amide bonds. The van der Waals surface area contributed by atoms with Crippen LogP contribution in [0.15, 0.2) is 29.5 Å². The van der Waals surface area contributed by atoms with Crippen LogP contribution in [0.3, 0.4) is 0 Å². The summed E-state index contributed by atoms with van der Waals surface area (Å²) in [4.78, 5) is 9.27. The second kappa shape index (κ2) is 10.5. The van der Waals surface area contributed by atoms with Crippen molar-refractivity contribution in [2.24, 2.45) is 4.99 Å². The van der Waals surface area contributed by atoms with E-state index in [4.69, 9.17) is 16.6 Å². The van der Waals surface area contributed by atoms with Gasteiger partial charge >= 0.3 is 0 Å². The summed E-state index contributed by atoms with van der Waals surface area (Å²) in [5, 5.41) is 11.9. The van der Waals surface area contributed by atoms with E-state index in [1.54, 1.807) is 18.5 Å². The Balaban J connectivity index is 1.55. The lowest BCUT2D eigenvalue weighted by molar-refractivity contribution is 0.171. The molecule has 0 radical (unpaired) electrons. The minimum Gasteiger partial charge on any atom is -0.357 e. The van der Waals surface area contributed by atoms with Gasteiger partial charge in [0, 0.05) is 62.8 Å². The number of hydrogen-bond acceptors (Lipinski definition) is 4. The number of benzene rings is 1. The highest BCUT2D eigenvalue weighted by Crippen LogP contribution is 2.21. The molecule has 0 saturated carbocycles. The van der Waals surface area contributed by atoms with Crippen LogP contribution in [0.2, 0.25) is 5.02 Å². The van der Waals surface area contributed by atoms with Crippen molar-refractivity contribution in [2.45, 2.75) is 33.4 Å². The van der Waals surface area contributed by atoms with Gasteiger partial charge < -0.3 is 14.8 Å². The molecule has 7 nitrogen and oxygen atoms in total. The van der Waals surface area contributed by atoms with Gasteiger partial charge in [0.2, 0.25) is 0 Å². The molecule has 0 spiro atoms. The number of hydrogen-bond donors (Lipinski definition) is 1. The van der Waals surface area contributed by atoms with E-state index in [1.807, 2.05) is 4.57 Å². The summed E-state index contributed by atoms with van der Waals surface area (Å²) >= 11 is 6.17. The third-order valence-electron chi connectivity index (χ3n) is 5.06. The van der Waals surface area contributed by atoms with Crippen LogP contribution in [0.1, 0.15) is 25.2 Å². The first kappa shape index (κ1) is 21.5. The molecular formula is C20H29ClFN7. The quantitative estimate of drug-likeness (QED) is 0.549. The van der Waals surface area contributed by atoms with Crippen molar-refractivity contribution in [3.8, 4) is 0 Å². The van der Waals surface area contributed by atoms with Crippen molar-refractivity contribution in [2.75, 3.05) is 39.3 Å². The zero-order valence-electron chi connectivity index (χ0n) is 17.1. The fourth-order valence-electron chi connectivity index (χ4n) is 3.45. The van der Waals surface area contributed by atoms with Gasteiger partial charge in [0.1, 0.15) is 18.0 Å². The fourth-order valence-corrected chi connectivity index (χ4v) is 3.68. The predicted octanol–water partition coefficient (Wildman–Crippen LogP) is 2.42. The molecule has 1 N–H and O–H groups in total. The van der Waals surface area contributed by atoms with Crippen LogP contribution in [0.25, 0.3) is 0 Å². The monoisotopic (exact) mass is 421 g/mol. The summed E-state index contributed by atoms with van der Waals surface area (Å²) in [6.07, 6.45) is 2.62. The molecule has 1 aliphatic heterocycles. The Kier molecular flexibility index (Phi) is 7.83. The first-order chi connectivity index (χ1) is 14.1. The highest BCUT2D eigenvalue weighted by molar-refractivity contribution is 6.31. The van der Waals surface area contributed by atoms with Crippen LogP contribution in [0.4, 0.5) is 4.39 Å². The Morgan fingerprint density at radius 1 is 1.24 bits per heavy atom. The molecule has 0 unspecified atom stereocenters. The third kappa shape index (κ3) is 5.67. The standard InChI is InChI=1S/C20H29ClFN7/c1-3-19-26-25-15-29(19)9-8-24-20(23-4-2)28-12-10-27(11-13-28)14-16-17(21)6-5-7-18(16)22/h5-7,15H,3-4,8-14H2,1-2H3,(H,23,24). The normalized spacial score (nSPS) is 15.7. The molecule has 1 fully saturated rings. The van der Waals surface area contributed by atoms with Crippen molar-refractivity contribution in [3.05, 3.63) is 46.8 Å². The van der Waals surface area contributed by atoms with Gasteiger partial charge in [0.05, 0.1) is 6.54 Å². The summed E-state index contributed by atoms with van der Waals surface area (Å²) in [7, 11) is 0. The van der Waals surface area contributed by atoms with Crippen LogP contribution >= 0.6 is 11.6 Å². The van der Waals surface area contributed by atoms with Crippen molar-refractivity contribution in [1.82, 2.24) is 29.9 Å². The number of aryl methyl sites for hydroxylation is 1. The maximum absolute atomic E-state index is 14.1. The highest BCUT2D eigenvalue weighted by Gasteiger charge is 2.21. The molecule has 1 saturated heterocycles. The van der Waals surface area contributed by atoms with E-state index in [2.05, 4.69) is 39.2 Å². The number of aromatic nitrogens is 3. The summed E-state index contributed by atoms with van der Waals surface area (Å²) in [5.41, 5.74) is 0.573. The van der Waals surface area contributed by atoms with Crippen LogP contribution in [-0.4, -0.2) is 69.8 Å². The van der Waals surface area contributed by atoms with Gasteiger partial charge in [0.15, 0.2) is 5.96 Å². The van der Waals surface area contributed by atoms with E-state index in [1.165, 1.54) is 6.07 Å². The lowest BCUT2D eigenvalue weighted by Gasteiger charge is -2.36. The molecule has 1 aromatic carbocycles. The first-order valence-electron chi connectivity index (χ1n) is 10.2. The predicted molar refractivity (Wildman–Crippen MR) is 114 cm³/mol. The molecular weight excluding hydrogens is 393 g/mol. The zero-order chi connectivity index (χ0) is 20.6. The number of piperazine rings is 1. The summed E-state index contributed by atoms with van der Waals surface area (Å²) < 4.78 is 16.1. The average Bonchev–Trinajstić information content (AvgIpc) is 3.18. The molecule has 9 heteroatoms. The number of nitrogens with zero attached hydrogens (tertiary/aromatic N) is 6. The van der Waals surface area contributed by atoms with Gasteiger partial charge in [-0.1, -0.05) is 24.6 Å². The molecule has 1 aliphatic rings. The van der Waals surface area contributed by atoms with Gasteiger partial charge in [0.25, 0.3) is 0 Å². The molecule has 2 heterocycles.